The Bertz CT molecular complexity index is 850. The number of carbonyl (C=O) groups is 3. The van der Waals surface area contributed by atoms with Crippen molar-refractivity contribution in [3.63, 3.8) is 0 Å². The van der Waals surface area contributed by atoms with E-state index in [0.29, 0.717) is 22.8 Å². The first kappa shape index (κ1) is 21.4. The Balaban J connectivity index is 1.65. The Morgan fingerprint density at radius 2 is 1.64 bits per heavy atom. The number of halogens is 1. The van der Waals surface area contributed by atoms with Crippen LogP contribution in [0.5, 0.6) is 0 Å². The van der Waals surface area contributed by atoms with E-state index in [1.54, 1.807) is 30.3 Å². The summed E-state index contributed by atoms with van der Waals surface area (Å²) < 4.78 is 4.96. The van der Waals surface area contributed by atoms with Gasteiger partial charge < -0.3 is 15.4 Å². The molecule has 2 aromatic carbocycles. The summed E-state index contributed by atoms with van der Waals surface area (Å²) >= 11 is 5.79. The molecule has 0 aliphatic rings. The van der Waals surface area contributed by atoms with E-state index in [-0.39, 0.29) is 25.4 Å². The number of hydrogen-bond acceptors (Lipinski definition) is 4. The highest BCUT2D eigenvalue weighted by Crippen LogP contribution is 2.18. The highest BCUT2D eigenvalue weighted by Gasteiger charge is 2.11. The van der Waals surface area contributed by atoms with Crippen molar-refractivity contribution in [2.45, 2.75) is 33.1 Å². The van der Waals surface area contributed by atoms with E-state index in [1.807, 2.05) is 26.0 Å². The van der Waals surface area contributed by atoms with Crippen molar-refractivity contribution in [1.29, 1.82) is 0 Å². The van der Waals surface area contributed by atoms with Crippen LogP contribution in [0.25, 0.3) is 0 Å². The molecule has 0 bridgehead atoms. The molecule has 0 heterocycles. The fourth-order valence-corrected chi connectivity index (χ4v) is 2.57. The van der Waals surface area contributed by atoms with Crippen molar-refractivity contribution in [2.75, 3.05) is 17.2 Å². The van der Waals surface area contributed by atoms with E-state index >= 15 is 0 Å². The van der Waals surface area contributed by atoms with Crippen molar-refractivity contribution in [2.24, 2.45) is 0 Å². The maximum atomic E-state index is 11.9. The van der Waals surface area contributed by atoms with Gasteiger partial charge in [-0.1, -0.05) is 23.7 Å². The lowest BCUT2D eigenvalue weighted by Gasteiger charge is -2.10. The monoisotopic (exact) mass is 402 g/mol. The Kier molecular flexibility index (Phi) is 8.02. The first-order chi connectivity index (χ1) is 13.3. The summed E-state index contributed by atoms with van der Waals surface area (Å²) in [5.41, 5.74) is 3.36. The van der Waals surface area contributed by atoms with Crippen LogP contribution in [0.1, 0.15) is 30.4 Å². The maximum Gasteiger partial charge on any atom is 0.306 e. The molecule has 0 spiro atoms. The number of anilines is 2. The van der Waals surface area contributed by atoms with Crippen molar-refractivity contribution in [3.05, 3.63) is 58.6 Å². The van der Waals surface area contributed by atoms with Crippen molar-refractivity contribution < 1.29 is 19.1 Å². The Morgan fingerprint density at radius 3 is 2.36 bits per heavy atom. The lowest BCUT2D eigenvalue weighted by Crippen LogP contribution is -2.21. The molecule has 28 heavy (non-hydrogen) atoms. The number of hydrogen-bond donors (Lipinski definition) is 2. The summed E-state index contributed by atoms with van der Waals surface area (Å²) in [7, 11) is 0. The summed E-state index contributed by atoms with van der Waals surface area (Å²) in [5, 5.41) is 6.02. The fraction of sp³-hybridized carbons (Fsp3) is 0.286. The van der Waals surface area contributed by atoms with Gasteiger partial charge in [-0.15, -0.1) is 0 Å². The molecule has 148 valence electrons. The number of esters is 1. The minimum atomic E-state index is -0.518. The molecule has 2 aromatic rings. The second-order valence-electron chi connectivity index (χ2n) is 6.36. The highest BCUT2D eigenvalue weighted by molar-refractivity contribution is 6.30. The molecule has 0 aromatic heterocycles. The molecule has 7 heteroatoms. The van der Waals surface area contributed by atoms with Gasteiger partial charge in [0.25, 0.3) is 5.91 Å². The van der Waals surface area contributed by atoms with Gasteiger partial charge in [0.15, 0.2) is 6.61 Å². The van der Waals surface area contributed by atoms with E-state index in [4.69, 9.17) is 16.3 Å². The standard InChI is InChI=1S/C21H23ClN2O4/c1-14-5-3-6-18(15(14)2)24-20(26)13-28-21(27)8-4-7-19(25)23-17-11-9-16(22)10-12-17/h3,5-6,9-12H,4,7-8,13H2,1-2H3,(H,23,25)(H,24,26). The molecule has 0 saturated carbocycles. The first-order valence-corrected chi connectivity index (χ1v) is 9.30. The fourth-order valence-electron chi connectivity index (χ4n) is 2.44. The Morgan fingerprint density at radius 1 is 0.929 bits per heavy atom. The molecule has 0 fully saturated rings. The third-order valence-corrected chi connectivity index (χ3v) is 4.41. The minimum Gasteiger partial charge on any atom is -0.456 e. The zero-order valence-electron chi connectivity index (χ0n) is 15.9. The van der Waals surface area contributed by atoms with Gasteiger partial charge in [-0.2, -0.15) is 0 Å². The average molecular weight is 403 g/mol. The first-order valence-electron chi connectivity index (χ1n) is 8.92. The third kappa shape index (κ3) is 7.04. The second-order valence-corrected chi connectivity index (χ2v) is 6.80. The van der Waals surface area contributed by atoms with Crippen molar-refractivity contribution in [1.82, 2.24) is 0 Å². The van der Waals surface area contributed by atoms with Crippen LogP contribution in [-0.4, -0.2) is 24.4 Å². The number of rotatable bonds is 8. The Labute approximate surface area is 169 Å². The Hall–Kier alpha value is -2.86. The molecule has 6 nitrogen and oxygen atoms in total. The van der Waals surface area contributed by atoms with Gasteiger partial charge in [-0.25, -0.2) is 0 Å². The van der Waals surface area contributed by atoms with E-state index in [0.717, 1.165) is 11.1 Å². The molecule has 0 atom stereocenters. The lowest BCUT2D eigenvalue weighted by molar-refractivity contribution is -0.147. The zero-order chi connectivity index (χ0) is 20.5. The van der Waals surface area contributed by atoms with Gasteiger partial charge in [-0.3, -0.25) is 14.4 Å². The second kappa shape index (κ2) is 10.5. The van der Waals surface area contributed by atoms with E-state index in [1.165, 1.54) is 0 Å². The predicted octanol–water partition coefficient (Wildman–Crippen LogP) is 4.25. The summed E-state index contributed by atoms with van der Waals surface area (Å²) in [5.74, 6) is -1.12. The van der Waals surface area contributed by atoms with Gasteiger partial charge in [0.05, 0.1) is 0 Å². The topological polar surface area (TPSA) is 84.5 Å². The summed E-state index contributed by atoms with van der Waals surface area (Å²) in [4.78, 5) is 35.5. The molecule has 2 rings (SSSR count). The average Bonchev–Trinajstić information content (AvgIpc) is 2.66. The number of carbonyl (C=O) groups excluding carboxylic acids is 3. The van der Waals surface area contributed by atoms with Crippen LogP contribution in [-0.2, 0) is 19.1 Å². The normalized spacial score (nSPS) is 10.2. The van der Waals surface area contributed by atoms with Crippen LogP contribution >= 0.6 is 11.6 Å². The third-order valence-electron chi connectivity index (χ3n) is 4.16. The van der Waals surface area contributed by atoms with E-state index in [9.17, 15) is 14.4 Å². The van der Waals surface area contributed by atoms with Gasteiger partial charge in [0.1, 0.15) is 0 Å². The van der Waals surface area contributed by atoms with Crippen molar-refractivity contribution >= 4 is 40.8 Å². The molecule has 0 unspecified atom stereocenters. The van der Waals surface area contributed by atoms with E-state index in [2.05, 4.69) is 10.6 Å². The molecule has 0 radical (unpaired) electrons. The number of ether oxygens (including phenoxy) is 1. The summed E-state index contributed by atoms with van der Waals surface area (Å²) in [6, 6.07) is 12.3. The summed E-state index contributed by atoms with van der Waals surface area (Å²) in [6.07, 6.45) is 0.564. The largest absolute Gasteiger partial charge is 0.456 e. The molecular formula is C21H23ClN2O4. The minimum absolute atomic E-state index is 0.0603. The number of amides is 2. The smallest absolute Gasteiger partial charge is 0.306 e. The van der Waals surface area contributed by atoms with Crippen LogP contribution in [0, 0.1) is 13.8 Å². The zero-order valence-corrected chi connectivity index (χ0v) is 16.6. The van der Waals surface area contributed by atoms with Crippen LogP contribution in [0.3, 0.4) is 0 Å². The van der Waals surface area contributed by atoms with Crippen LogP contribution in [0.2, 0.25) is 5.02 Å². The van der Waals surface area contributed by atoms with Crippen LogP contribution in [0.15, 0.2) is 42.5 Å². The molecule has 2 N–H and O–H groups in total. The highest BCUT2D eigenvalue weighted by atomic mass is 35.5. The van der Waals surface area contributed by atoms with Crippen LogP contribution < -0.4 is 10.6 Å². The number of nitrogens with one attached hydrogen (secondary N) is 2. The van der Waals surface area contributed by atoms with Gasteiger partial charge in [0, 0.05) is 29.2 Å². The SMILES string of the molecule is Cc1cccc(NC(=O)COC(=O)CCCC(=O)Nc2ccc(Cl)cc2)c1C. The molecule has 2 amide bonds. The predicted molar refractivity (Wildman–Crippen MR) is 109 cm³/mol. The van der Waals surface area contributed by atoms with Gasteiger partial charge >= 0.3 is 5.97 Å². The number of aryl methyl sites for hydroxylation is 1. The number of benzene rings is 2. The molecule has 0 saturated heterocycles. The molecular weight excluding hydrogens is 380 g/mol. The van der Waals surface area contributed by atoms with Gasteiger partial charge in [-0.05, 0) is 61.7 Å². The summed E-state index contributed by atoms with van der Waals surface area (Å²) in [6.45, 7) is 3.50. The lowest BCUT2D eigenvalue weighted by atomic mass is 10.1. The molecule has 0 aliphatic carbocycles. The van der Waals surface area contributed by atoms with Gasteiger partial charge in [0.2, 0.25) is 5.91 Å². The van der Waals surface area contributed by atoms with Crippen molar-refractivity contribution in [3.8, 4) is 0 Å². The van der Waals surface area contributed by atoms with E-state index < -0.39 is 11.9 Å². The molecule has 0 aliphatic heterocycles. The maximum absolute atomic E-state index is 11.9. The quantitative estimate of drug-likeness (QED) is 0.646. The van der Waals surface area contributed by atoms with Crippen LogP contribution in [0.4, 0.5) is 11.4 Å².